The van der Waals surface area contributed by atoms with Crippen molar-refractivity contribution in [2.24, 2.45) is 10.8 Å². The summed E-state index contributed by atoms with van der Waals surface area (Å²) in [4.78, 5) is 10.9. The lowest BCUT2D eigenvalue weighted by molar-refractivity contribution is -0.131. The fourth-order valence-electron chi connectivity index (χ4n) is 5.77. The van der Waals surface area contributed by atoms with E-state index in [-0.39, 0.29) is 16.7 Å². The Morgan fingerprint density at radius 2 is 1.88 bits per heavy atom. The van der Waals surface area contributed by atoms with E-state index in [2.05, 4.69) is 50.0 Å². The maximum absolute atomic E-state index is 15.0. The highest BCUT2D eigenvalue weighted by atomic mass is 19.1. The highest BCUT2D eigenvalue weighted by molar-refractivity contribution is 5.89. The van der Waals surface area contributed by atoms with Crippen molar-refractivity contribution in [2.45, 2.75) is 59.8 Å². The fourth-order valence-corrected chi connectivity index (χ4v) is 5.77. The van der Waals surface area contributed by atoms with Crippen LogP contribution in [0, 0.1) is 10.8 Å². The van der Waals surface area contributed by atoms with Gasteiger partial charge in [0.2, 0.25) is 0 Å². The summed E-state index contributed by atoms with van der Waals surface area (Å²) in [6.45, 7) is 9.26. The Hall–Kier alpha value is -2.95. The van der Waals surface area contributed by atoms with Crippen LogP contribution in [-0.2, 0) is 4.79 Å². The molecule has 2 aromatic rings. The van der Waals surface area contributed by atoms with Crippen molar-refractivity contribution in [3.05, 3.63) is 70.7 Å². The molecular weight excluding hydrogens is 403 g/mol. The SMILES string of the molecule is CC1(C)CC(=C(C2=CC(F)=C(/C=C/C(=O)O)CC2)c2ccc3[nH]ncc3c2)CC(C)(C)C1. The Labute approximate surface area is 188 Å². The molecule has 4 nitrogen and oxygen atoms in total. The number of hydrogen-bond donors (Lipinski definition) is 2. The van der Waals surface area contributed by atoms with Crippen LogP contribution in [-0.4, -0.2) is 21.3 Å². The minimum absolute atomic E-state index is 0.168. The second-order valence-corrected chi connectivity index (χ2v) is 10.7. The first-order valence-corrected chi connectivity index (χ1v) is 11.2. The third-order valence-electron chi connectivity index (χ3n) is 6.44. The van der Waals surface area contributed by atoms with Gasteiger partial charge in [-0.2, -0.15) is 5.10 Å². The lowest BCUT2D eigenvalue weighted by Crippen LogP contribution is -2.30. The number of aliphatic carboxylic acids is 1. The van der Waals surface area contributed by atoms with Crippen molar-refractivity contribution in [3.63, 3.8) is 0 Å². The molecule has 0 aliphatic heterocycles. The van der Waals surface area contributed by atoms with E-state index >= 15 is 4.39 Å². The number of allylic oxidation sites excluding steroid dienone is 7. The molecule has 0 bridgehead atoms. The van der Waals surface area contributed by atoms with Gasteiger partial charge in [0, 0.05) is 11.5 Å². The second kappa shape index (κ2) is 8.19. The lowest BCUT2D eigenvalue weighted by Gasteiger charge is -2.43. The van der Waals surface area contributed by atoms with Crippen LogP contribution >= 0.6 is 0 Å². The fraction of sp³-hybridized carbons (Fsp3) is 0.407. The van der Waals surface area contributed by atoms with Gasteiger partial charge in [0.25, 0.3) is 0 Å². The van der Waals surface area contributed by atoms with Crippen molar-refractivity contribution in [1.29, 1.82) is 0 Å². The summed E-state index contributed by atoms with van der Waals surface area (Å²) >= 11 is 0. The van der Waals surface area contributed by atoms with Gasteiger partial charge in [-0.1, -0.05) is 39.3 Å². The van der Waals surface area contributed by atoms with Gasteiger partial charge in [0.1, 0.15) is 5.83 Å². The maximum atomic E-state index is 15.0. The zero-order valence-electron chi connectivity index (χ0n) is 19.3. The molecule has 0 radical (unpaired) electrons. The third kappa shape index (κ3) is 4.77. The van der Waals surface area contributed by atoms with Gasteiger partial charge >= 0.3 is 5.97 Å². The summed E-state index contributed by atoms with van der Waals surface area (Å²) in [7, 11) is 0. The van der Waals surface area contributed by atoms with E-state index in [1.807, 2.05) is 12.3 Å². The van der Waals surface area contributed by atoms with Crippen molar-refractivity contribution < 1.29 is 14.3 Å². The molecule has 2 aliphatic rings. The Morgan fingerprint density at radius 1 is 1.16 bits per heavy atom. The molecule has 0 unspecified atom stereocenters. The molecule has 1 heterocycles. The van der Waals surface area contributed by atoms with Crippen LogP contribution in [0.15, 0.2) is 65.2 Å². The van der Waals surface area contributed by atoms with Crippen LogP contribution in [0.25, 0.3) is 16.5 Å². The topological polar surface area (TPSA) is 66.0 Å². The lowest BCUT2D eigenvalue weighted by atomic mass is 9.62. The van der Waals surface area contributed by atoms with Crippen LogP contribution in [0.3, 0.4) is 0 Å². The molecular formula is C27H31FN2O2. The van der Waals surface area contributed by atoms with Gasteiger partial charge in [-0.3, -0.25) is 5.10 Å². The Kier molecular flexibility index (Phi) is 5.70. The molecule has 4 rings (SSSR count). The number of fused-ring (bicyclic) bond motifs is 1. The van der Waals surface area contributed by atoms with Crippen molar-refractivity contribution in [3.8, 4) is 0 Å². The number of aromatic nitrogens is 2. The first-order chi connectivity index (χ1) is 15.0. The summed E-state index contributed by atoms with van der Waals surface area (Å²) < 4.78 is 15.0. The van der Waals surface area contributed by atoms with Crippen molar-refractivity contribution in [2.75, 3.05) is 0 Å². The van der Waals surface area contributed by atoms with Gasteiger partial charge in [-0.25, -0.2) is 9.18 Å². The predicted octanol–water partition coefficient (Wildman–Crippen LogP) is 7.14. The van der Waals surface area contributed by atoms with E-state index in [1.165, 1.54) is 11.6 Å². The minimum Gasteiger partial charge on any atom is -0.478 e. The number of nitrogens with zero attached hydrogens (tertiary/aromatic N) is 1. The van der Waals surface area contributed by atoms with Crippen molar-refractivity contribution >= 4 is 22.4 Å². The smallest absolute Gasteiger partial charge is 0.328 e. The number of rotatable bonds is 4. The predicted molar refractivity (Wildman–Crippen MR) is 127 cm³/mol. The molecule has 2 aliphatic carbocycles. The number of hydrogen-bond acceptors (Lipinski definition) is 2. The second-order valence-electron chi connectivity index (χ2n) is 10.7. The van der Waals surface area contributed by atoms with E-state index in [4.69, 9.17) is 5.11 Å². The summed E-state index contributed by atoms with van der Waals surface area (Å²) in [5.74, 6) is -1.41. The molecule has 2 N–H and O–H groups in total. The van der Waals surface area contributed by atoms with E-state index in [0.717, 1.165) is 53.0 Å². The Bertz CT molecular complexity index is 1170. The molecule has 0 spiro atoms. The van der Waals surface area contributed by atoms with E-state index in [0.29, 0.717) is 18.4 Å². The Balaban J connectivity index is 1.87. The van der Waals surface area contributed by atoms with Crippen LogP contribution in [0.1, 0.15) is 65.4 Å². The molecule has 168 valence electrons. The van der Waals surface area contributed by atoms with Crippen LogP contribution < -0.4 is 0 Å². The van der Waals surface area contributed by atoms with E-state index in [1.54, 1.807) is 6.08 Å². The molecule has 0 saturated heterocycles. The number of carbonyl (C=O) groups is 1. The van der Waals surface area contributed by atoms with E-state index in [9.17, 15) is 4.79 Å². The summed E-state index contributed by atoms with van der Waals surface area (Å²) in [5.41, 5.74) is 6.35. The van der Waals surface area contributed by atoms with Gasteiger partial charge in [0.05, 0.1) is 11.7 Å². The zero-order valence-corrected chi connectivity index (χ0v) is 19.3. The van der Waals surface area contributed by atoms with E-state index < -0.39 is 5.97 Å². The third-order valence-corrected chi connectivity index (χ3v) is 6.44. The number of H-pyrrole nitrogens is 1. The van der Waals surface area contributed by atoms with Gasteiger partial charge in [-0.05, 0) is 89.5 Å². The maximum Gasteiger partial charge on any atom is 0.328 e. The molecule has 32 heavy (non-hydrogen) atoms. The quantitative estimate of drug-likeness (QED) is 0.503. The van der Waals surface area contributed by atoms with Gasteiger partial charge < -0.3 is 5.11 Å². The average Bonchev–Trinajstić information content (AvgIpc) is 3.13. The Morgan fingerprint density at radius 3 is 2.53 bits per heavy atom. The monoisotopic (exact) mass is 434 g/mol. The molecule has 1 aromatic heterocycles. The standard InChI is InChI=1S/C27H31FN2O2/c1-26(2)13-21(14-27(3,4)16-26)25(18-7-9-23-20(11-18)15-29-30-23)19-6-5-17(22(28)12-19)8-10-24(31)32/h7-12,15H,5-6,13-14,16H2,1-4H3,(H,29,30)(H,31,32)/b10-8+. The zero-order chi connectivity index (χ0) is 23.1. The summed E-state index contributed by atoms with van der Waals surface area (Å²) in [6, 6.07) is 6.27. The average molecular weight is 435 g/mol. The molecule has 1 fully saturated rings. The normalized spacial score (nSPS) is 20.7. The number of carboxylic acids is 1. The number of benzene rings is 1. The number of halogens is 1. The largest absolute Gasteiger partial charge is 0.478 e. The van der Waals surface area contributed by atoms with Crippen molar-refractivity contribution in [1.82, 2.24) is 10.2 Å². The molecule has 5 heteroatoms. The van der Waals surface area contributed by atoms with Crippen LogP contribution in [0.2, 0.25) is 0 Å². The molecule has 1 saturated carbocycles. The summed E-state index contributed by atoms with van der Waals surface area (Å²) in [6.07, 6.45) is 10.1. The highest BCUT2D eigenvalue weighted by Gasteiger charge is 2.37. The number of aromatic amines is 1. The number of carboxylic acid groups (broad SMARTS) is 1. The first-order valence-electron chi connectivity index (χ1n) is 11.2. The van der Waals surface area contributed by atoms with Gasteiger partial charge in [-0.15, -0.1) is 0 Å². The van der Waals surface area contributed by atoms with Gasteiger partial charge in [0.15, 0.2) is 0 Å². The summed E-state index contributed by atoms with van der Waals surface area (Å²) in [5, 5.41) is 17.1. The number of nitrogens with one attached hydrogen (secondary N) is 1. The first kappa shape index (κ1) is 22.3. The van der Waals surface area contributed by atoms with Crippen LogP contribution in [0.5, 0.6) is 0 Å². The minimum atomic E-state index is -1.07. The molecule has 0 atom stereocenters. The highest BCUT2D eigenvalue weighted by Crippen LogP contribution is 2.51. The van der Waals surface area contributed by atoms with Crippen LogP contribution in [0.4, 0.5) is 4.39 Å². The molecule has 1 aromatic carbocycles. The molecule has 0 amide bonds.